The molecule has 98 valence electrons. The highest BCUT2D eigenvalue weighted by atomic mass is 32.1. The van der Waals surface area contributed by atoms with Crippen LogP contribution in [-0.4, -0.2) is 11.8 Å². The predicted octanol–water partition coefficient (Wildman–Crippen LogP) is 2.49. The van der Waals surface area contributed by atoms with E-state index in [9.17, 15) is 9.59 Å². The number of hydrogen-bond acceptors (Lipinski definition) is 3. The van der Waals surface area contributed by atoms with Gasteiger partial charge >= 0.3 is 0 Å². The summed E-state index contributed by atoms with van der Waals surface area (Å²) in [7, 11) is 0. The molecule has 0 unspecified atom stereocenters. The quantitative estimate of drug-likeness (QED) is 0.472. The van der Waals surface area contributed by atoms with Gasteiger partial charge in [0.25, 0.3) is 5.91 Å². The van der Waals surface area contributed by atoms with Crippen molar-refractivity contribution in [2.75, 3.05) is 0 Å². The molecule has 18 heavy (non-hydrogen) atoms. The maximum atomic E-state index is 11.4. The second-order valence-electron chi connectivity index (χ2n) is 3.84. The zero-order chi connectivity index (χ0) is 13.2. The van der Waals surface area contributed by atoms with Gasteiger partial charge in [-0.1, -0.05) is 25.8 Å². The lowest BCUT2D eigenvalue weighted by Crippen LogP contribution is -2.40. The smallest absolute Gasteiger partial charge is 0.262 e. The topological polar surface area (TPSA) is 58.2 Å². The van der Waals surface area contributed by atoms with Crippen LogP contribution in [0.15, 0.2) is 23.6 Å². The Morgan fingerprint density at radius 2 is 2.17 bits per heavy atom. The molecule has 0 bridgehead atoms. The number of unbranched alkanes of at least 4 members (excludes halogenated alkanes) is 2. The second-order valence-corrected chi connectivity index (χ2v) is 4.82. The number of carbonyl (C=O) groups excluding carboxylic acids is 2. The first-order chi connectivity index (χ1) is 8.72. The van der Waals surface area contributed by atoms with Crippen LogP contribution in [0.2, 0.25) is 0 Å². The maximum absolute atomic E-state index is 11.4. The van der Waals surface area contributed by atoms with Crippen LogP contribution < -0.4 is 10.9 Å². The first-order valence-electron chi connectivity index (χ1n) is 6.02. The molecule has 1 aromatic rings. The monoisotopic (exact) mass is 266 g/mol. The fraction of sp³-hybridized carbons (Fsp3) is 0.385. The molecule has 1 rings (SSSR count). The molecule has 5 heteroatoms. The van der Waals surface area contributed by atoms with Crippen LogP contribution in [0.5, 0.6) is 0 Å². The zero-order valence-corrected chi connectivity index (χ0v) is 11.3. The van der Waals surface area contributed by atoms with Gasteiger partial charge in [-0.25, -0.2) is 0 Å². The van der Waals surface area contributed by atoms with E-state index >= 15 is 0 Å². The highest BCUT2D eigenvalue weighted by Gasteiger charge is 2.01. The van der Waals surface area contributed by atoms with Gasteiger partial charge < -0.3 is 0 Å². The lowest BCUT2D eigenvalue weighted by atomic mass is 10.2. The van der Waals surface area contributed by atoms with Crippen molar-refractivity contribution in [3.8, 4) is 0 Å². The lowest BCUT2D eigenvalue weighted by Gasteiger charge is -2.04. The van der Waals surface area contributed by atoms with E-state index < -0.39 is 0 Å². The van der Waals surface area contributed by atoms with Gasteiger partial charge in [0.05, 0.1) is 0 Å². The highest BCUT2D eigenvalue weighted by molar-refractivity contribution is 7.10. The molecule has 0 spiro atoms. The largest absolute Gasteiger partial charge is 0.273 e. The van der Waals surface area contributed by atoms with Crippen molar-refractivity contribution in [3.05, 3.63) is 28.5 Å². The number of amides is 2. The van der Waals surface area contributed by atoms with Crippen LogP contribution in [0.25, 0.3) is 6.08 Å². The highest BCUT2D eigenvalue weighted by Crippen LogP contribution is 2.09. The Morgan fingerprint density at radius 1 is 1.33 bits per heavy atom. The summed E-state index contributed by atoms with van der Waals surface area (Å²) in [4.78, 5) is 23.7. The third-order valence-electron chi connectivity index (χ3n) is 2.27. The van der Waals surface area contributed by atoms with Gasteiger partial charge in [-0.2, -0.15) is 0 Å². The Hall–Kier alpha value is -1.62. The summed E-state index contributed by atoms with van der Waals surface area (Å²) in [6.45, 7) is 2.08. The Morgan fingerprint density at radius 3 is 2.83 bits per heavy atom. The Balaban J connectivity index is 2.18. The standard InChI is InChI=1S/C13H18N2O2S/c1-2-3-4-7-12(16)14-15-13(17)9-8-11-6-5-10-18-11/h5-6,8-10H,2-4,7H2,1H3,(H,14,16)(H,15,17). The SMILES string of the molecule is CCCCCC(=O)NNC(=O)C=Cc1cccs1. The van der Waals surface area contributed by atoms with Crippen LogP contribution >= 0.6 is 11.3 Å². The van der Waals surface area contributed by atoms with Crippen molar-refractivity contribution in [1.82, 2.24) is 10.9 Å². The molecular formula is C13H18N2O2S. The normalized spacial score (nSPS) is 10.5. The van der Waals surface area contributed by atoms with Gasteiger partial charge in [-0.3, -0.25) is 20.4 Å². The molecular weight excluding hydrogens is 248 g/mol. The number of hydrogen-bond donors (Lipinski definition) is 2. The fourth-order valence-electron chi connectivity index (χ4n) is 1.31. The van der Waals surface area contributed by atoms with Crippen LogP contribution in [0, 0.1) is 0 Å². The molecule has 1 heterocycles. The van der Waals surface area contributed by atoms with Crippen molar-refractivity contribution >= 4 is 29.2 Å². The van der Waals surface area contributed by atoms with Crippen molar-refractivity contribution in [1.29, 1.82) is 0 Å². The number of thiophene rings is 1. The summed E-state index contributed by atoms with van der Waals surface area (Å²) < 4.78 is 0. The van der Waals surface area contributed by atoms with Crippen LogP contribution in [0.3, 0.4) is 0 Å². The van der Waals surface area contributed by atoms with Gasteiger partial charge in [-0.05, 0) is 23.9 Å². The summed E-state index contributed by atoms with van der Waals surface area (Å²) in [5.74, 6) is -0.478. The van der Waals surface area contributed by atoms with Gasteiger partial charge in [0.2, 0.25) is 5.91 Å². The Kier molecular flexibility index (Phi) is 6.79. The van der Waals surface area contributed by atoms with E-state index in [1.165, 1.54) is 6.08 Å². The van der Waals surface area contributed by atoms with Gasteiger partial charge in [0, 0.05) is 17.4 Å². The summed E-state index contributed by atoms with van der Waals surface area (Å²) in [6.07, 6.45) is 6.51. The van der Waals surface area contributed by atoms with Crippen molar-refractivity contribution in [2.24, 2.45) is 0 Å². The number of carbonyl (C=O) groups is 2. The maximum Gasteiger partial charge on any atom is 0.262 e. The van der Waals surface area contributed by atoms with Gasteiger partial charge in [-0.15, -0.1) is 11.3 Å². The van der Waals surface area contributed by atoms with Gasteiger partial charge in [0.15, 0.2) is 0 Å². The summed E-state index contributed by atoms with van der Waals surface area (Å²) in [5, 5.41) is 1.94. The number of hydrazine groups is 1. The second kappa shape index (κ2) is 8.47. The molecule has 0 saturated heterocycles. The van der Waals surface area contributed by atoms with E-state index in [1.54, 1.807) is 17.4 Å². The molecule has 4 nitrogen and oxygen atoms in total. The first-order valence-corrected chi connectivity index (χ1v) is 6.90. The van der Waals surface area contributed by atoms with E-state index in [4.69, 9.17) is 0 Å². The van der Waals surface area contributed by atoms with Crippen LogP contribution in [0.4, 0.5) is 0 Å². The molecule has 0 fully saturated rings. The van der Waals surface area contributed by atoms with E-state index in [2.05, 4.69) is 17.8 Å². The molecule has 2 amide bonds. The summed E-state index contributed by atoms with van der Waals surface area (Å²) in [5.41, 5.74) is 4.74. The average molecular weight is 266 g/mol. The van der Waals surface area contributed by atoms with E-state index in [0.717, 1.165) is 24.1 Å². The van der Waals surface area contributed by atoms with Crippen LogP contribution in [-0.2, 0) is 9.59 Å². The van der Waals surface area contributed by atoms with E-state index in [-0.39, 0.29) is 11.8 Å². The number of rotatable bonds is 6. The first kappa shape index (κ1) is 14.4. The van der Waals surface area contributed by atoms with Crippen molar-refractivity contribution < 1.29 is 9.59 Å². The molecule has 0 atom stereocenters. The average Bonchev–Trinajstić information content (AvgIpc) is 2.87. The number of nitrogens with one attached hydrogen (secondary N) is 2. The Bertz CT molecular complexity index is 399. The van der Waals surface area contributed by atoms with Gasteiger partial charge in [0.1, 0.15) is 0 Å². The van der Waals surface area contributed by atoms with Crippen molar-refractivity contribution in [3.63, 3.8) is 0 Å². The predicted molar refractivity (Wildman–Crippen MR) is 73.8 cm³/mol. The molecule has 0 aliphatic heterocycles. The molecule has 0 aliphatic carbocycles. The third-order valence-corrected chi connectivity index (χ3v) is 3.11. The minimum Gasteiger partial charge on any atom is -0.273 e. The molecule has 0 saturated carbocycles. The molecule has 0 aromatic carbocycles. The summed E-state index contributed by atoms with van der Waals surface area (Å²) >= 11 is 1.55. The van der Waals surface area contributed by atoms with E-state index in [1.807, 2.05) is 17.5 Å². The summed E-state index contributed by atoms with van der Waals surface area (Å²) in [6, 6.07) is 3.83. The third kappa shape index (κ3) is 6.20. The lowest BCUT2D eigenvalue weighted by molar-refractivity contribution is -0.126. The van der Waals surface area contributed by atoms with Crippen LogP contribution in [0.1, 0.15) is 37.5 Å². The Labute approximate surface area is 111 Å². The zero-order valence-electron chi connectivity index (χ0n) is 10.4. The minimum atomic E-state index is -0.327. The molecule has 0 aliphatic rings. The van der Waals surface area contributed by atoms with Crippen molar-refractivity contribution in [2.45, 2.75) is 32.6 Å². The van der Waals surface area contributed by atoms with E-state index in [0.29, 0.717) is 6.42 Å². The molecule has 1 aromatic heterocycles. The fourth-order valence-corrected chi connectivity index (χ4v) is 1.93. The minimum absolute atomic E-state index is 0.152. The molecule has 0 radical (unpaired) electrons. The molecule has 2 N–H and O–H groups in total.